The topological polar surface area (TPSA) is 87.0 Å². The highest BCUT2D eigenvalue weighted by molar-refractivity contribution is 5.78. The van der Waals surface area contributed by atoms with Crippen LogP contribution in [0, 0.1) is 18.3 Å². The molecule has 27 heavy (non-hydrogen) atoms. The van der Waals surface area contributed by atoms with Crippen LogP contribution in [0.5, 0.6) is 0 Å². The van der Waals surface area contributed by atoms with Crippen molar-refractivity contribution in [2.75, 3.05) is 72.2 Å². The molecule has 1 N–H and O–H groups in total. The highest BCUT2D eigenvalue weighted by Gasteiger charge is 2.52. The number of fused-ring (bicyclic) bond motifs is 1. The summed E-state index contributed by atoms with van der Waals surface area (Å²) in [4.78, 5) is 19.3. The lowest BCUT2D eigenvalue weighted by Crippen LogP contribution is -2.46. The molecule has 1 amide bonds. The van der Waals surface area contributed by atoms with Crippen molar-refractivity contribution in [2.45, 2.75) is 13.5 Å². The van der Waals surface area contributed by atoms with E-state index in [9.17, 15) is 9.90 Å². The lowest BCUT2D eigenvalue weighted by atomic mass is 9.82. The zero-order chi connectivity index (χ0) is 18.9. The van der Waals surface area contributed by atoms with Crippen molar-refractivity contribution in [2.24, 2.45) is 11.3 Å². The maximum Gasteiger partial charge on any atom is 0.236 e. The van der Waals surface area contributed by atoms with Gasteiger partial charge in [-0.1, -0.05) is 0 Å². The summed E-state index contributed by atoms with van der Waals surface area (Å²) in [6, 6.07) is 0. The molecule has 150 valence electrons. The van der Waals surface area contributed by atoms with Crippen molar-refractivity contribution in [3.63, 3.8) is 0 Å². The number of hydrogen-bond donors (Lipinski definition) is 1. The summed E-state index contributed by atoms with van der Waals surface area (Å²) in [6.45, 7) is 10.6. The number of aryl methyl sites for hydroxylation is 1. The number of morpholine rings is 1. The van der Waals surface area contributed by atoms with E-state index in [1.54, 1.807) is 6.33 Å². The zero-order valence-corrected chi connectivity index (χ0v) is 16.1. The van der Waals surface area contributed by atoms with Crippen molar-refractivity contribution in [3.05, 3.63) is 12.2 Å². The molecular weight excluding hydrogens is 348 g/mol. The van der Waals surface area contributed by atoms with Crippen LogP contribution < -0.4 is 0 Å². The number of rotatable bonds is 6. The molecule has 2 atom stereocenters. The van der Waals surface area contributed by atoms with Crippen molar-refractivity contribution >= 4 is 5.91 Å². The molecule has 3 aliphatic heterocycles. The van der Waals surface area contributed by atoms with Gasteiger partial charge in [0.15, 0.2) is 0 Å². The third-order valence-corrected chi connectivity index (χ3v) is 6.43. The molecule has 0 aromatic carbocycles. The van der Waals surface area contributed by atoms with Crippen LogP contribution in [-0.4, -0.2) is 113 Å². The molecule has 2 unspecified atom stereocenters. The second-order valence-corrected chi connectivity index (χ2v) is 8.19. The Bertz CT molecular complexity index is 661. The predicted molar refractivity (Wildman–Crippen MR) is 98.0 cm³/mol. The van der Waals surface area contributed by atoms with E-state index in [4.69, 9.17) is 4.74 Å². The number of aromatic nitrogens is 3. The molecule has 1 aromatic rings. The first-order chi connectivity index (χ1) is 13.1. The van der Waals surface area contributed by atoms with E-state index >= 15 is 0 Å². The van der Waals surface area contributed by atoms with Crippen LogP contribution in [0.4, 0.5) is 0 Å². The number of aliphatic hydroxyl groups excluding tert-OH is 1. The summed E-state index contributed by atoms with van der Waals surface area (Å²) in [7, 11) is 0. The number of carbonyl (C=O) groups excluding carboxylic acids is 1. The van der Waals surface area contributed by atoms with E-state index in [0.29, 0.717) is 32.2 Å². The number of ether oxygens (including phenoxy) is 1. The van der Waals surface area contributed by atoms with Crippen LogP contribution in [-0.2, 0) is 16.1 Å². The molecule has 3 saturated heterocycles. The SMILES string of the molecule is Cc1nncn1CCN1CC2CN(C(=O)CN3CCOCC3)CC2(CO)C1. The van der Waals surface area contributed by atoms with Crippen molar-refractivity contribution in [3.8, 4) is 0 Å². The Morgan fingerprint density at radius 1 is 1.26 bits per heavy atom. The molecule has 0 aliphatic carbocycles. The second-order valence-electron chi connectivity index (χ2n) is 8.19. The molecule has 0 bridgehead atoms. The minimum Gasteiger partial charge on any atom is -0.396 e. The molecule has 1 aromatic heterocycles. The molecule has 0 radical (unpaired) electrons. The largest absolute Gasteiger partial charge is 0.396 e. The van der Waals surface area contributed by atoms with E-state index in [1.807, 2.05) is 11.8 Å². The molecule has 9 heteroatoms. The smallest absolute Gasteiger partial charge is 0.236 e. The number of hydrogen-bond acceptors (Lipinski definition) is 7. The Balaban J connectivity index is 1.31. The highest BCUT2D eigenvalue weighted by atomic mass is 16.5. The third-order valence-electron chi connectivity index (χ3n) is 6.43. The normalized spacial score (nSPS) is 29.4. The zero-order valence-electron chi connectivity index (χ0n) is 16.1. The predicted octanol–water partition coefficient (Wildman–Crippen LogP) is -1.33. The van der Waals surface area contributed by atoms with Gasteiger partial charge < -0.3 is 24.2 Å². The first-order valence-electron chi connectivity index (χ1n) is 9.85. The van der Waals surface area contributed by atoms with Gasteiger partial charge in [0.05, 0.1) is 26.4 Å². The first kappa shape index (κ1) is 18.8. The lowest BCUT2D eigenvalue weighted by molar-refractivity contribution is -0.133. The number of aliphatic hydroxyl groups is 1. The van der Waals surface area contributed by atoms with Gasteiger partial charge in [-0.2, -0.15) is 0 Å². The van der Waals surface area contributed by atoms with Crippen LogP contribution >= 0.6 is 0 Å². The maximum atomic E-state index is 12.7. The van der Waals surface area contributed by atoms with Crippen LogP contribution in [0.2, 0.25) is 0 Å². The van der Waals surface area contributed by atoms with Crippen LogP contribution in [0.3, 0.4) is 0 Å². The lowest BCUT2D eigenvalue weighted by Gasteiger charge is -2.30. The van der Waals surface area contributed by atoms with Crippen molar-refractivity contribution in [1.29, 1.82) is 0 Å². The van der Waals surface area contributed by atoms with E-state index in [1.165, 1.54) is 0 Å². The standard InChI is InChI=1S/C18H30N6O3/c1-15-20-19-14-23(15)3-2-22-8-16-9-24(12-18(16,11-22)13-25)17(26)10-21-4-6-27-7-5-21/h14,16,25H,2-13H2,1H3. The molecule has 4 rings (SSSR count). The van der Waals surface area contributed by atoms with E-state index in [2.05, 4.69) is 24.6 Å². The average Bonchev–Trinajstić information content (AvgIpc) is 3.33. The van der Waals surface area contributed by atoms with E-state index in [0.717, 1.165) is 51.6 Å². The Hall–Kier alpha value is -1.55. The van der Waals surface area contributed by atoms with Gasteiger partial charge in [0.2, 0.25) is 5.91 Å². The van der Waals surface area contributed by atoms with Gasteiger partial charge in [-0.3, -0.25) is 9.69 Å². The van der Waals surface area contributed by atoms with E-state index in [-0.39, 0.29) is 17.9 Å². The van der Waals surface area contributed by atoms with Crippen molar-refractivity contribution in [1.82, 2.24) is 29.5 Å². The molecule has 4 heterocycles. The quantitative estimate of drug-likeness (QED) is 0.656. The Morgan fingerprint density at radius 3 is 2.74 bits per heavy atom. The monoisotopic (exact) mass is 378 g/mol. The van der Waals surface area contributed by atoms with Gasteiger partial charge in [0.25, 0.3) is 0 Å². The van der Waals surface area contributed by atoms with Crippen LogP contribution in [0.25, 0.3) is 0 Å². The first-order valence-corrected chi connectivity index (χ1v) is 9.85. The summed E-state index contributed by atoms with van der Waals surface area (Å²) in [6.07, 6.45) is 1.76. The average molecular weight is 378 g/mol. The number of nitrogens with zero attached hydrogens (tertiary/aromatic N) is 6. The fourth-order valence-electron chi connectivity index (χ4n) is 4.71. The maximum absolute atomic E-state index is 12.7. The second kappa shape index (κ2) is 7.83. The molecule has 3 fully saturated rings. The number of amides is 1. The van der Waals surface area contributed by atoms with Gasteiger partial charge in [0, 0.05) is 57.8 Å². The van der Waals surface area contributed by atoms with Gasteiger partial charge >= 0.3 is 0 Å². The molecule has 9 nitrogen and oxygen atoms in total. The van der Waals surface area contributed by atoms with Crippen molar-refractivity contribution < 1.29 is 14.6 Å². The van der Waals surface area contributed by atoms with Crippen LogP contribution in [0.15, 0.2) is 6.33 Å². The van der Waals surface area contributed by atoms with Gasteiger partial charge in [-0.25, -0.2) is 0 Å². The number of carbonyl (C=O) groups is 1. The summed E-state index contributed by atoms with van der Waals surface area (Å²) in [5.74, 6) is 1.45. The summed E-state index contributed by atoms with van der Waals surface area (Å²) >= 11 is 0. The molecular formula is C18H30N6O3. The minimum atomic E-state index is -0.178. The highest BCUT2D eigenvalue weighted by Crippen LogP contribution is 2.42. The fraction of sp³-hybridized carbons (Fsp3) is 0.833. The Kier molecular flexibility index (Phi) is 5.45. The number of likely N-dealkylation sites (tertiary alicyclic amines) is 2. The Labute approximate surface area is 159 Å². The molecule has 3 aliphatic rings. The minimum absolute atomic E-state index is 0.140. The molecule has 0 spiro atoms. The van der Waals surface area contributed by atoms with E-state index < -0.39 is 0 Å². The summed E-state index contributed by atoms with van der Waals surface area (Å²) in [5.41, 5.74) is -0.178. The van der Waals surface area contributed by atoms with Crippen LogP contribution in [0.1, 0.15) is 5.82 Å². The van der Waals surface area contributed by atoms with Gasteiger partial charge in [-0.15, -0.1) is 10.2 Å². The van der Waals surface area contributed by atoms with Gasteiger partial charge in [-0.05, 0) is 12.8 Å². The van der Waals surface area contributed by atoms with Gasteiger partial charge in [0.1, 0.15) is 12.2 Å². The Morgan fingerprint density at radius 2 is 2.07 bits per heavy atom. The molecule has 0 saturated carbocycles. The summed E-state index contributed by atoms with van der Waals surface area (Å²) < 4.78 is 7.41. The fourth-order valence-corrected chi connectivity index (χ4v) is 4.71. The third kappa shape index (κ3) is 3.87. The summed E-state index contributed by atoms with van der Waals surface area (Å²) in [5, 5.41) is 18.1.